The predicted octanol–water partition coefficient (Wildman–Crippen LogP) is 2.53. The minimum absolute atomic E-state index is 0.00937. The second kappa shape index (κ2) is 7.28. The molecule has 0 spiro atoms. The van der Waals surface area contributed by atoms with Gasteiger partial charge in [-0.15, -0.1) is 11.3 Å². The molecule has 1 N–H and O–H groups in total. The van der Waals surface area contributed by atoms with Gasteiger partial charge in [0.25, 0.3) is 11.5 Å². The lowest BCUT2D eigenvalue weighted by Gasteiger charge is -2.08. The zero-order valence-corrected chi connectivity index (χ0v) is 16.3. The normalized spacial score (nSPS) is 12.9. The average molecular weight is 399 g/mol. The van der Waals surface area contributed by atoms with E-state index >= 15 is 0 Å². The Labute approximate surface area is 163 Å². The Balaban J connectivity index is 1.49. The summed E-state index contributed by atoms with van der Waals surface area (Å²) in [5, 5.41) is 3.56. The summed E-state index contributed by atoms with van der Waals surface area (Å²) in [5.74, 6) is -0.847. The maximum Gasteiger partial charge on any atom is 0.262 e. The molecule has 0 radical (unpaired) electrons. The minimum atomic E-state index is -0.437. The Bertz CT molecular complexity index is 1100. The molecule has 8 heteroatoms. The number of hydrogen-bond donors (Lipinski definition) is 1. The zero-order valence-electron chi connectivity index (χ0n) is 14.7. The number of aryl methyl sites for hydroxylation is 2. The second-order valence-electron chi connectivity index (χ2n) is 6.33. The highest BCUT2D eigenvalue weighted by Crippen LogP contribution is 2.35. The van der Waals surface area contributed by atoms with Crippen LogP contribution in [0.4, 0.5) is 0 Å². The van der Waals surface area contributed by atoms with Crippen LogP contribution in [0.25, 0.3) is 10.2 Å². The van der Waals surface area contributed by atoms with Crippen LogP contribution in [0.5, 0.6) is 0 Å². The molecule has 3 aromatic rings. The Morgan fingerprint density at radius 3 is 2.81 bits per heavy atom. The third-order valence-electron chi connectivity index (χ3n) is 4.53. The van der Waals surface area contributed by atoms with Crippen LogP contribution in [0.15, 0.2) is 40.3 Å². The SMILES string of the molecule is Cn1c(SCC(=O)NC(=O)c2ccccc2)nc2sc3c(c2c1=O)CCC3. The largest absolute Gasteiger partial charge is 0.292 e. The number of hydrogen-bond acceptors (Lipinski definition) is 6. The molecule has 1 aliphatic rings. The van der Waals surface area contributed by atoms with E-state index in [1.54, 1.807) is 48.7 Å². The number of amides is 2. The van der Waals surface area contributed by atoms with Gasteiger partial charge in [0.15, 0.2) is 5.16 Å². The Morgan fingerprint density at radius 2 is 2.04 bits per heavy atom. The summed E-state index contributed by atoms with van der Waals surface area (Å²) in [6.45, 7) is 0. The number of nitrogens with zero attached hydrogens (tertiary/aromatic N) is 2. The fraction of sp³-hybridized carbons (Fsp3) is 0.263. The van der Waals surface area contributed by atoms with Crippen molar-refractivity contribution in [2.45, 2.75) is 24.4 Å². The van der Waals surface area contributed by atoms with Crippen LogP contribution in [0, 0.1) is 0 Å². The molecule has 0 atom stereocenters. The third kappa shape index (κ3) is 3.42. The van der Waals surface area contributed by atoms with Gasteiger partial charge < -0.3 is 0 Å². The highest BCUT2D eigenvalue weighted by Gasteiger charge is 2.22. The molecule has 0 bridgehead atoms. The number of imide groups is 1. The maximum absolute atomic E-state index is 12.7. The molecule has 2 heterocycles. The second-order valence-corrected chi connectivity index (χ2v) is 8.35. The Morgan fingerprint density at radius 1 is 1.26 bits per heavy atom. The summed E-state index contributed by atoms with van der Waals surface area (Å²) in [5.41, 5.74) is 1.50. The molecule has 6 nitrogen and oxygen atoms in total. The maximum atomic E-state index is 12.7. The first-order valence-corrected chi connectivity index (χ1v) is 10.4. The smallest absolute Gasteiger partial charge is 0.262 e. The van der Waals surface area contributed by atoms with Crippen LogP contribution in [0.3, 0.4) is 0 Å². The van der Waals surface area contributed by atoms with Crippen molar-refractivity contribution >= 4 is 45.1 Å². The van der Waals surface area contributed by atoms with Gasteiger partial charge in [0.2, 0.25) is 5.91 Å². The van der Waals surface area contributed by atoms with Crippen molar-refractivity contribution in [1.82, 2.24) is 14.9 Å². The van der Waals surface area contributed by atoms with Gasteiger partial charge in [-0.25, -0.2) is 4.98 Å². The van der Waals surface area contributed by atoms with Crippen molar-refractivity contribution in [2.24, 2.45) is 7.05 Å². The van der Waals surface area contributed by atoms with Crippen molar-refractivity contribution in [2.75, 3.05) is 5.75 Å². The lowest BCUT2D eigenvalue weighted by Crippen LogP contribution is -2.32. The van der Waals surface area contributed by atoms with Crippen LogP contribution in [-0.4, -0.2) is 27.1 Å². The van der Waals surface area contributed by atoms with E-state index in [2.05, 4.69) is 10.3 Å². The van der Waals surface area contributed by atoms with Crippen molar-refractivity contribution in [3.63, 3.8) is 0 Å². The topological polar surface area (TPSA) is 81.1 Å². The molecular weight excluding hydrogens is 382 g/mol. The molecule has 27 heavy (non-hydrogen) atoms. The van der Waals surface area contributed by atoms with E-state index in [9.17, 15) is 14.4 Å². The molecule has 0 unspecified atom stereocenters. The van der Waals surface area contributed by atoms with Crippen molar-refractivity contribution < 1.29 is 9.59 Å². The van der Waals surface area contributed by atoms with Crippen LogP contribution >= 0.6 is 23.1 Å². The van der Waals surface area contributed by atoms with E-state index in [1.165, 1.54) is 9.44 Å². The lowest BCUT2D eigenvalue weighted by molar-refractivity contribution is -0.117. The number of thiophene rings is 1. The van der Waals surface area contributed by atoms with Gasteiger partial charge in [-0.05, 0) is 37.0 Å². The van der Waals surface area contributed by atoms with Gasteiger partial charge in [0.1, 0.15) is 4.83 Å². The summed E-state index contributed by atoms with van der Waals surface area (Å²) in [7, 11) is 1.67. The highest BCUT2D eigenvalue weighted by molar-refractivity contribution is 7.99. The summed E-state index contributed by atoms with van der Waals surface area (Å²) in [6.07, 6.45) is 3.03. The number of benzene rings is 1. The van der Waals surface area contributed by atoms with Gasteiger partial charge >= 0.3 is 0 Å². The first-order chi connectivity index (χ1) is 13.0. The fourth-order valence-corrected chi connectivity index (χ4v) is 5.26. The summed E-state index contributed by atoms with van der Waals surface area (Å²) in [4.78, 5) is 43.5. The van der Waals surface area contributed by atoms with Crippen molar-refractivity contribution in [1.29, 1.82) is 0 Å². The number of fused-ring (bicyclic) bond motifs is 3. The molecule has 0 aliphatic heterocycles. The number of carbonyl (C=O) groups excluding carboxylic acids is 2. The van der Waals surface area contributed by atoms with Gasteiger partial charge in [-0.1, -0.05) is 30.0 Å². The van der Waals surface area contributed by atoms with E-state index in [0.717, 1.165) is 46.8 Å². The monoisotopic (exact) mass is 399 g/mol. The summed E-state index contributed by atoms with van der Waals surface area (Å²) >= 11 is 2.73. The molecule has 4 rings (SSSR count). The van der Waals surface area contributed by atoms with E-state index in [1.807, 2.05) is 0 Å². The molecule has 1 aromatic carbocycles. The van der Waals surface area contributed by atoms with E-state index in [0.29, 0.717) is 10.7 Å². The van der Waals surface area contributed by atoms with Crippen LogP contribution < -0.4 is 10.9 Å². The molecule has 2 amide bonds. The highest BCUT2D eigenvalue weighted by atomic mass is 32.2. The third-order valence-corrected chi connectivity index (χ3v) is 6.74. The first kappa shape index (κ1) is 17.9. The number of aromatic nitrogens is 2. The average Bonchev–Trinajstić information content (AvgIpc) is 3.25. The van der Waals surface area contributed by atoms with Crippen molar-refractivity contribution in [3.05, 3.63) is 56.7 Å². The minimum Gasteiger partial charge on any atom is -0.292 e. The predicted molar refractivity (Wildman–Crippen MR) is 107 cm³/mol. The van der Waals surface area contributed by atoms with Gasteiger partial charge in [0.05, 0.1) is 11.1 Å². The number of nitrogens with one attached hydrogen (secondary N) is 1. The molecular formula is C19H17N3O3S2. The van der Waals surface area contributed by atoms with Gasteiger partial charge in [0, 0.05) is 17.5 Å². The quantitative estimate of drug-likeness (QED) is 0.539. The molecule has 138 valence electrons. The molecule has 0 saturated carbocycles. The number of rotatable bonds is 4. The molecule has 0 saturated heterocycles. The van der Waals surface area contributed by atoms with Gasteiger partial charge in [-0.2, -0.15) is 0 Å². The standard InChI is InChI=1S/C19H17N3O3S2/c1-22-18(25)15-12-8-5-9-13(12)27-17(15)21-19(22)26-10-14(23)20-16(24)11-6-3-2-4-7-11/h2-4,6-7H,5,8-10H2,1H3,(H,20,23,24). The summed E-state index contributed by atoms with van der Waals surface area (Å²) in [6, 6.07) is 8.57. The Kier molecular flexibility index (Phi) is 4.84. The van der Waals surface area contributed by atoms with Crippen molar-refractivity contribution in [3.8, 4) is 0 Å². The van der Waals surface area contributed by atoms with E-state index < -0.39 is 11.8 Å². The van der Waals surface area contributed by atoms with E-state index in [-0.39, 0.29) is 11.3 Å². The van der Waals surface area contributed by atoms with Crippen LogP contribution in [0.2, 0.25) is 0 Å². The molecule has 1 aliphatic carbocycles. The molecule has 0 fully saturated rings. The van der Waals surface area contributed by atoms with Crippen LogP contribution in [0.1, 0.15) is 27.2 Å². The lowest BCUT2D eigenvalue weighted by atomic mass is 10.2. The fourth-order valence-electron chi connectivity index (χ4n) is 3.19. The number of carbonyl (C=O) groups is 2. The first-order valence-electron chi connectivity index (χ1n) is 8.58. The van der Waals surface area contributed by atoms with E-state index in [4.69, 9.17) is 0 Å². The Hall–Kier alpha value is -2.45. The zero-order chi connectivity index (χ0) is 19.0. The summed E-state index contributed by atoms with van der Waals surface area (Å²) < 4.78 is 1.49. The van der Waals surface area contributed by atoms with Gasteiger partial charge in [-0.3, -0.25) is 24.3 Å². The number of thioether (sulfide) groups is 1. The van der Waals surface area contributed by atoms with Crippen LogP contribution in [-0.2, 0) is 24.7 Å². The molecule has 2 aromatic heterocycles.